The largest absolute Gasteiger partial charge is 0.404 e. The first-order valence-electron chi connectivity index (χ1n) is 4.83. The van der Waals surface area contributed by atoms with Crippen molar-refractivity contribution >= 4 is 19.4 Å². The average Bonchev–Trinajstić information content (AvgIpc) is 2.19. The van der Waals surface area contributed by atoms with Crippen LogP contribution in [0, 0.1) is 0 Å². The van der Waals surface area contributed by atoms with Crippen LogP contribution in [-0.2, 0) is 9.16 Å². The number of rotatable bonds is 5. The zero-order valence-corrected chi connectivity index (χ0v) is 9.79. The monoisotopic (exact) mass is 220 g/mol. The van der Waals surface area contributed by atoms with Gasteiger partial charge in [0.2, 0.25) is 0 Å². The third kappa shape index (κ3) is 4.27. The molecule has 0 aromatic carbocycles. The van der Waals surface area contributed by atoms with Crippen LogP contribution in [0.2, 0.25) is 0 Å². The smallest absolute Gasteiger partial charge is 0.302 e. The molecule has 1 aliphatic rings. The van der Waals surface area contributed by atoms with Gasteiger partial charge in [0.1, 0.15) is 0 Å². The zero-order chi connectivity index (χ0) is 9.52. The predicted molar refractivity (Wildman–Crippen MR) is 57.4 cm³/mol. The third-order valence-electron chi connectivity index (χ3n) is 2.11. The van der Waals surface area contributed by atoms with E-state index in [-0.39, 0.29) is 5.73 Å². The molecule has 1 aliphatic heterocycles. The van der Waals surface area contributed by atoms with Gasteiger partial charge in [0, 0.05) is 13.2 Å². The van der Waals surface area contributed by atoms with Gasteiger partial charge >= 0.3 is 8.35 Å². The van der Waals surface area contributed by atoms with E-state index in [1.54, 1.807) is 0 Å². The summed E-state index contributed by atoms with van der Waals surface area (Å²) in [5.74, 6) is 0. The van der Waals surface area contributed by atoms with Gasteiger partial charge in [-0.1, -0.05) is 6.08 Å². The van der Waals surface area contributed by atoms with E-state index in [9.17, 15) is 0 Å². The molecule has 4 heteroatoms. The normalized spacial score (nSPS) is 25.5. The van der Waals surface area contributed by atoms with Crippen LogP contribution in [0.25, 0.3) is 0 Å². The molecule has 0 aliphatic carbocycles. The molecule has 0 aromatic rings. The molecule has 0 amide bonds. The summed E-state index contributed by atoms with van der Waals surface area (Å²) in [5.41, 5.74) is 0.222. The molecule has 1 saturated heterocycles. The maximum absolute atomic E-state index is 6.15. The van der Waals surface area contributed by atoms with E-state index in [0.717, 1.165) is 19.4 Å². The van der Waals surface area contributed by atoms with E-state index < -0.39 is 8.35 Å². The molecule has 0 spiro atoms. The minimum atomic E-state index is -1.61. The Bertz CT molecular complexity index is 149. The summed E-state index contributed by atoms with van der Waals surface area (Å²) in [4.78, 5) is 0. The highest BCUT2D eigenvalue weighted by molar-refractivity contribution is 7.03. The van der Waals surface area contributed by atoms with Crippen molar-refractivity contribution < 1.29 is 9.16 Å². The molecule has 2 nitrogen and oxygen atoms in total. The molecule has 1 rings (SSSR count). The average molecular weight is 221 g/mol. The second-order valence-corrected chi connectivity index (χ2v) is 6.27. The van der Waals surface area contributed by atoms with Gasteiger partial charge in [-0.05, 0) is 25.7 Å². The Morgan fingerprint density at radius 3 is 3.08 bits per heavy atom. The van der Waals surface area contributed by atoms with Crippen LogP contribution in [0.15, 0.2) is 12.7 Å². The Kier molecular flexibility index (Phi) is 5.70. The van der Waals surface area contributed by atoms with Crippen molar-refractivity contribution in [2.45, 2.75) is 31.4 Å². The minimum Gasteiger partial charge on any atom is -0.404 e. The van der Waals surface area contributed by atoms with E-state index in [4.69, 9.17) is 20.2 Å². The van der Waals surface area contributed by atoms with Crippen LogP contribution < -0.4 is 0 Å². The Hall–Kier alpha value is 0.167. The lowest BCUT2D eigenvalue weighted by Crippen LogP contribution is -2.34. The summed E-state index contributed by atoms with van der Waals surface area (Å²) in [6, 6.07) is 0. The first-order valence-corrected chi connectivity index (χ1v) is 7.71. The summed E-state index contributed by atoms with van der Waals surface area (Å²) in [6.07, 6.45) is 6.20. The lowest BCUT2D eigenvalue weighted by atomic mass is 10.2. The number of hydrogen-bond acceptors (Lipinski definition) is 2. The maximum atomic E-state index is 6.15. The Labute approximate surface area is 86.3 Å². The third-order valence-corrected chi connectivity index (χ3v) is 4.99. The first-order chi connectivity index (χ1) is 6.34. The SMILES string of the molecule is C=CCCO[SiH](Cl)C1CCCCO1. The fourth-order valence-electron chi connectivity index (χ4n) is 1.34. The second kappa shape index (κ2) is 6.60. The van der Waals surface area contributed by atoms with E-state index in [2.05, 4.69) is 6.58 Å². The van der Waals surface area contributed by atoms with Gasteiger partial charge in [0.25, 0.3) is 0 Å². The molecule has 13 heavy (non-hydrogen) atoms. The second-order valence-electron chi connectivity index (χ2n) is 3.20. The Morgan fingerprint density at radius 1 is 1.62 bits per heavy atom. The lowest BCUT2D eigenvalue weighted by molar-refractivity contribution is 0.0534. The van der Waals surface area contributed by atoms with Gasteiger partial charge in [-0.3, -0.25) is 0 Å². The standard InChI is InChI=1S/C9H17ClO2Si/c1-2-3-8-12-13(10)9-6-4-5-7-11-9/h2,9,13H,1,3-8H2. The molecule has 1 fully saturated rings. The minimum absolute atomic E-state index is 0.222. The molecule has 0 radical (unpaired) electrons. The van der Waals surface area contributed by atoms with E-state index >= 15 is 0 Å². The Balaban J connectivity index is 2.13. The number of ether oxygens (including phenoxy) is 1. The van der Waals surface area contributed by atoms with Crippen LogP contribution in [0.1, 0.15) is 25.7 Å². The van der Waals surface area contributed by atoms with Crippen LogP contribution in [-0.4, -0.2) is 27.3 Å². The molecule has 0 aromatic heterocycles. The van der Waals surface area contributed by atoms with Crippen molar-refractivity contribution in [1.29, 1.82) is 0 Å². The van der Waals surface area contributed by atoms with Crippen molar-refractivity contribution in [3.05, 3.63) is 12.7 Å². The van der Waals surface area contributed by atoms with Gasteiger partial charge in [-0.2, -0.15) is 0 Å². The van der Waals surface area contributed by atoms with Crippen molar-refractivity contribution in [1.82, 2.24) is 0 Å². The molecular formula is C9H17ClO2Si. The highest BCUT2D eigenvalue weighted by atomic mass is 35.6. The molecule has 0 saturated carbocycles. The lowest BCUT2D eigenvalue weighted by Gasteiger charge is -2.25. The number of hydrogen-bond donors (Lipinski definition) is 0. The quantitative estimate of drug-likeness (QED) is 0.306. The fourth-order valence-corrected chi connectivity index (χ4v) is 3.57. The van der Waals surface area contributed by atoms with Gasteiger partial charge in [-0.15, -0.1) is 17.7 Å². The predicted octanol–water partition coefficient (Wildman–Crippen LogP) is 2.15. The summed E-state index contributed by atoms with van der Waals surface area (Å²) < 4.78 is 11.1. The highest BCUT2D eigenvalue weighted by Gasteiger charge is 2.25. The van der Waals surface area contributed by atoms with Gasteiger partial charge in [0.05, 0.1) is 5.73 Å². The van der Waals surface area contributed by atoms with Crippen LogP contribution in [0.5, 0.6) is 0 Å². The van der Waals surface area contributed by atoms with Crippen molar-refractivity contribution in [3.8, 4) is 0 Å². The molecule has 0 bridgehead atoms. The molecule has 2 atom stereocenters. The summed E-state index contributed by atoms with van der Waals surface area (Å²) in [7, 11) is -1.61. The maximum Gasteiger partial charge on any atom is 0.302 e. The summed E-state index contributed by atoms with van der Waals surface area (Å²) in [6.45, 7) is 5.18. The molecule has 1 heterocycles. The highest BCUT2D eigenvalue weighted by Crippen LogP contribution is 2.17. The molecular weight excluding hydrogens is 204 g/mol. The van der Waals surface area contributed by atoms with Gasteiger partial charge in [-0.25, -0.2) is 0 Å². The van der Waals surface area contributed by atoms with E-state index in [1.165, 1.54) is 12.8 Å². The van der Waals surface area contributed by atoms with Gasteiger partial charge < -0.3 is 9.16 Å². The zero-order valence-electron chi connectivity index (χ0n) is 7.88. The van der Waals surface area contributed by atoms with Crippen molar-refractivity contribution in [3.63, 3.8) is 0 Å². The van der Waals surface area contributed by atoms with Crippen LogP contribution in [0.4, 0.5) is 0 Å². The van der Waals surface area contributed by atoms with E-state index in [1.807, 2.05) is 6.08 Å². The van der Waals surface area contributed by atoms with Crippen LogP contribution in [0.3, 0.4) is 0 Å². The summed E-state index contributed by atoms with van der Waals surface area (Å²) in [5, 5.41) is 0. The topological polar surface area (TPSA) is 18.5 Å². The van der Waals surface area contributed by atoms with Crippen LogP contribution >= 0.6 is 11.1 Å². The first kappa shape index (κ1) is 11.2. The van der Waals surface area contributed by atoms with Crippen molar-refractivity contribution in [2.75, 3.05) is 13.2 Å². The van der Waals surface area contributed by atoms with Crippen molar-refractivity contribution in [2.24, 2.45) is 0 Å². The fraction of sp³-hybridized carbons (Fsp3) is 0.778. The molecule has 76 valence electrons. The summed E-state index contributed by atoms with van der Waals surface area (Å²) >= 11 is 6.15. The number of halogens is 1. The van der Waals surface area contributed by atoms with E-state index in [0.29, 0.717) is 6.61 Å². The molecule has 2 unspecified atom stereocenters. The van der Waals surface area contributed by atoms with Gasteiger partial charge in [0.15, 0.2) is 0 Å². The molecule has 0 N–H and O–H groups in total. The Morgan fingerprint density at radius 2 is 2.46 bits per heavy atom.